The minimum Gasteiger partial charge on any atom is -0.396 e. The van der Waals surface area contributed by atoms with Crippen molar-refractivity contribution >= 4 is 11.6 Å². The Bertz CT molecular complexity index is 339. The predicted octanol–water partition coefficient (Wildman–Crippen LogP) is 2.59. The molecule has 0 bridgehead atoms. The molecule has 0 aromatic heterocycles. The lowest BCUT2D eigenvalue weighted by molar-refractivity contribution is 0.121. The third-order valence-electron chi connectivity index (χ3n) is 3.49. The zero-order valence-corrected chi connectivity index (χ0v) is 10.9. The summed E-state index contributed by atoms with van der Waals surface area (Å²) in [7, 11) is 0. The van der Waals surface area contributed by atoms with Crippen molar-refractivity contribution < 1.29 is 5.11 Å². The Morgan fingerprint density at radius 1 is 1.29 bits per heavy atom. The second-order valence-corrected chi connectivity index (χ2v) is 5.30. The maximum Gasteiger partial charge on any atom is 0.0471 e. The van der Waals surface area contributed by atoms with Crippen LogP contribution in [0.3, 0.4) is 0 Å². The molecule has 0 amide bonds. The Balaban J connectivity index is 1.79. The van der Waals surface area contributed by atoms with Crippen molar-refractivity contribution in [3.63, 3.8) is 0 Å². The van der Waals surface area contributed by atoms with E-state index in [0.29, 0.717) is 12.5 Å². The summed E-state index contributed by atoms with van der Waals surface area (Å²) in [5.74, 6) is 0.481. The molecular formula is C14H20ClNO. The molecule has 1 saturated heterocycles. The minimum atomic E-state index is 0.331. The highest BCUT2D eigenvalue weighted by molar-refractivity contribution is 6.30. The zero-order chi connectivity index (χ0) is 12.1. The van der Waals surface area contributed by atoms with Crippen LogP contribution in [0.15, 0.2) is 24.3 Å². The van der Waals surface area contributed by atoms with E-state index in [-0.39, 0.29) is 0 Å². The monoisotopic (exact) mass is 253 g/mol. The van der Waals surface area contributed by atoms with E-state index >= 15 is 0 Å². The number of hydrogen-bond donors (Lipinski definition) is 1. The van der Waals surface area contributed by atoms with Crippen LogP contribution >= 0.6 is 11.6 Å². The molecule has 0 aliphatic carbocycles. The molecule has 2 nitrogen and oxygen atoms in total. The van der Waals surface area contributed by atoms with Gasteiger partial charge in [-0.3, -0.25) is 0 Å². The molecule has 1 unspecified atom stereocenters. The van der Waals surface area contributed by atoms with Gasteiger partial charge in [0.25, 0.3) is 0 Å². The summed E-state index contributed by atoms with van der Waals surface area (Å²) in [5, 5.41) is 9.98. The van der Waals surface area contributed by atoms with Crippen molar-refractivity contribution in [3.8, 4) is 0 Å². The second kappa shape index (κ2) is 6.39. The Morgan fingerprint density at radius 3 is 2.76 bits per heavy atom. The largest absolute Gasteiger partial charge is 0.396 e. The number of likely N-dealkylation sites (tertiary alicyclic amines) is 1. The lowest BCUT2D eigenvalue weighted by atomic mass is 9.98. The number of halogens is 1. The van der Waals surface area contributed by atoms with Crippen molar-refractivity contribution in [2.45, 2.75) is 19.3 Å². The molecule has 1 aromatic carbocycles. The molecule has 94 valence electrons. The average Bonchev–Trinajstić information content (AvgIpc) is 2.38. The Morgan fingerprint density at radius 2 is 2.06 bits per heavy atom. The van der Waals surface area contributed by atoms with Gasteiger partial charge in [0.05, 0.1) is 0 Å². The van der Waals surface area contributed by atoms with E-state index in [1.165, 1.54) is 24.9 Å². The maximum atomic E-state index is 9.18. The topological polar surface area (TPSA) is 23.5 Å². The minimum absolute atomic E-state index is 0.331. The van der Waals surface area contributed by atoms with Gasteiger partial charge in [0.1, 0.15) is 0 Å². The second-order valence-electron chi connectivity index (χ2n) is 4.87. The fourth-order valence-electron chi connectivity index (χ4n) is 2.44. The summed E-state index contributed by atoms with van der Waals surface area (Å²) in [5.41, 5.74) is 1.33. The van der Waals surface area contributed by atoms with Gasteiger partial charge >= 0.3 is 0 Å². The van der Waals surface area contributed by atoms with Crippen LogP contribution in [0, 0.1) is 5.92 Å². The molecule has 2 rings (SSSR count). The molecule has 0 saturated carbocycles. The first kappa shape index (κ1) is 12.9. The quantitative estimate of drug-likeness (QED) is 0.892. The molecule has 17 heavy (non-hydrogen) atoms. The molecule has 3 heteroatoms. The van der Waals surface area contributed by atoms with Crippen LogP contribution < -0.4 is 0 Å². The van der Waals surface area contributed by atoms with Gasteiger partial charge in [-0.25, -0.2) is 0 Å². The average molecular weight is 254 g/mol. The normalized spacial score (nSPS) is 21.6. The fraction of sp³-hybridized carbons (Fsp3) is 0.571. The van der Waals surface area contributed by atoms with E-state index in [1.807, 2.05) is 12.1 Å². The number of rotatable bonds is 4. The van der Waals surface area contributed by atoms with Gasteiger partial charge in [-0.2, -0.15) is 0 Å². The van der Waals surface area contributed by atoms with Gasteiger partial charge in [0, 0.05) is 24.7 Å². The van der Waals surface area contributed by atoms with E-state index in [0.717, 1.165) is 24.5 Å². The van der Waals surface area contributed by atoms with E-state index in [1.54, 1.807) is 0 Å². The fourth-order valence-corrected chi connectivity index (χ4v) is 2.57. The summed E-state index contributed by atoms with van der Waals surface area (Å²) >= 11 is 5.86. The van der Waals surface area contributed by atoms with Crippen molar-refractivity contribution in [3.05, 3.63) is 34.9 Å². The Hall–Kier alpha value is -0.570. The SMILES string of the molecule is OCC1CCCN(CCc2ccc(Cl)cc2)C1. The van der Waals surface area contributed by atoms with Crippen LogP contribution in [-0.2, 0) is 6.42 Å². The number of piperidine rings is 1. The predicted molar refractivity (Wildman–Crippen MR) is 71.4 cm³/mol. The highest BCUT2D eigenvalue weighted by Crippen LogP contribution is 2.16. The number of aliphatic hydroxyl groups is 1. The maximum absolute atomic E-state index is 9.18. The van der Waals surface area contributed by atoms with Gasteiger partial charge < -0.3 is 10.0 Å². The number of hydrogen-bond acceptors (Lipinski definition) is 2. The van der Waals surface area contributed by atoms with Crippen molar-refractivity contribution in [1.29, 1.82) is 0 Å². The van der Waals surface area contributed by atoms with Crippen LogP contribution in [0.25, 0.3) is 0 Å². The highest BCUT2D eigenvalue weighted by Gasteiger charge is 2.18. The number of nitrogens with zero attached hydrogens (tertiary/aromatic N) is 1. The molecule has 1 N–H and O–H groups in total. The first-order valence-electron chi connectivity index (χ1n) is 6.35. The third-order valence-corrected chi connectivity index (χ3v) is 3.74. The van der Waals surface area contributed by atoms with E-state index < -0.39 is 0 Å². The first-order chi connectivity index (χ1) is 8.28. The lowest BCUT2D eigenvalue weighted by Gasteiger charge is -2.31. The van der Waals surface area contributed by atoms with Gasteiger partial charge in [-0.05, 0) is 49.4 Å². The molecule has 1 aromatic rings. The molecular weight excluding hydrogens is 234 g/mol. The van der Waals surface area contributed by atoms with Crippen LogP contribution in [0.2, 0.25) is 5.02 Å². The summed E-state index contributed by atoms with van der Waals surface area (Å²) in [6.07, 6.45) is 3.45. The van der Waals surface area contributed by atoms with Crippen molar-refractivity contribution in [2.24, 2.45) is 5.92 Å². The van der Waals surface area contributed by atoms with Crippen LogP contribution in [0.4, 0.5) is 0 Å². The Labute approximate surface area is 108 Å². The Kier molecular flexibility index (Phi) is 4.84. The van der Waals surface area contributed by atoms with Crippen molar-refractivity contribution in [2.75, 3.05) is 26.2 Å². The summed E-state index contributed by atoms with van der Waals surface area (Å²) < 4.78 is 0. The zero-order valence-electron chi connectivity index (χ0n) is 10.1. The molecule has 1 aliphatic rings. The molecule has 1 fully saturated rings. The summed E-state index contributed by atoms with van der Waals surface area (Å²) in [4.78, 5) is 2.46. The summed E-state index contributed by atoms with van der Waals surface area (Å²) in [6, 6.07) is 8.08. The molecule has 0 spiro atoms. The van der Waals surface area contributed by atoms with E-state index in [4.69, 9.17) is 11.6 Å². The van der Waals surface area contributed by atoms with Crippen LogP contribution in [0.5, 0.6) is 0 Å². The first-order valence-corrected chi connectivity index (χ1v) is 6.73. The molecule has 0 radical (unpaired) electrons. The van der Waals surface area contributed by atoms with Gasteiger partial charge in [-0.15, -0.1) is 0 Å². The van der Waals surface area contributed by atoms with E-state index in [2.05, 4.69) is 17.0 Å². The lowest BCUT2D eigenvalue weighted by Crippen LogP contribution is -2.37. The van der Waals surface area contributed by atoms with E-state index in [9.17, 15) is 5.11 Å². The van der Waals surface area contributed by atoms with Crippen molar-refractivity contribution in [1.82, 2.24) is 4.90 Å². The van der Waals surface area contributed by atoms with Crippen LogP contribution in [0.1, 0.15) is 18.4 Å². The third kappa shape index (κ3) is 3.98. The number of aliphatic hydroxyl groups excluding tert-OH is 1. The molecule has 1 atom stereocenters. The molecule has 1 aliphatic heterocycles. The van der Waals surface area contributed by atoms with Gasteiger partial charge in [0.15, 0.2) is 0 Å². The highest BCUT2D eigenvalue weighted by atomic mass is 35.5. The van der Waals surface area contributed by atoms with Crippen LogP contribution in [-0.4, -0.2) is 36.2 Å². The number of benzene rings is 1. The molecule has 1 heterocycles. The summed E-state index contributed by atoms with van der Waals surface area (Å²) in [6.45, 7) is 3.63. The van der Waals surface area contributed by atoms with Gasteiger partial charge in [0.2, 0.25) is 0 Å². The standard InChI is InChI=1S/C14H20ClNO/c15-14-5-3-12(4-6-14)7-9-16-8-1-2-13(10-16)11-17/h3-6,13,17H,1-2,7-11H2. The smallest absolute Gasteiger partial charge is 0.0471 e. The van der Waals surface area contributed by atoms with Gasteiger partial charge in [-0.1, -0.05) is 23.7 Å².